The largest absolute Gasteiger partial charge is 0.367 e. The Morgan fingerprint density at radius 3 is 2.73 bits per heavy atom. The number of terminal acetylenes is 1. The zero-order chi connectivity index (χ0) is 11.5. The van der Waals surface area contributed by atoms with Crippen LogP contribution in [-0.4, -0.2) is 23.8 Å². The molecule has 0 saturated heterocycles. The second-order valence-electron chi connectivity index (χ2n) is 2.71. The highest BCUT2D eigenvalue weighted by Gasteiger charge is 2.00. The van der Waals surface area contributed by atoms with Crippen LogP contribution in [0.5, 0.6) is 0 Å². The average Bonchev–Trinajstić information content (AvgIpc) is 2.19. The molecule has 0 radical (unpaired) electrons. The van der Waals surface area contributed by atoms with Crippen LogP contribution in [0.2, 0.25) is 0 Å². The van der Waals surface area contributed by atoms with Gasteiger partial charge in [-0.15, -0.1) is 12.3 Å². The zero-order valence-corrected chi connectivity index (χ0v) is 9.30. The second-order valence-corrected chi connectivity index (χ2v) is 3.16. The van der Waals surface area contributed by atoms with Crippen molar-refractivity contribution in [3.05, 3.63) is 22.1 Å². The Kier molecular flexibility index (Phi) is 8.39. The van der Waals surface area contributed by atoms with Crippen molar-refractivity contribution in [2.24, 2.45) is 0 Å². The van der Waals surface area contributed by atoms with Gasteiger partial charge in [0, 0.05) is 25.3 Å². The van der Waals surface area contributed by atoms with Crippen molar-refractivity contribution in [1.29, 1.82) is 0 Å². The van der Waals surface area contributed by atoms with Gasteiger partial charge in [0.1, 0.15) is 0 Å². The molecule has 0 fully saturated rings. The molecule has 84 valence electrons. The van der Waals surface area contributed by atoms with Crippen LogP contribution in [0.15, 0.2) is 12.0 Å². The molecule has 0 atom stereocenters. The summed E-state index contributed by atoms with van der Waals surface area (Å²) in [6.07, 6.45) is 7.43. The van der Waals surface area contributed by atoms with E-state index in [0.717, 1.165) is 12.6 Å². The first-order valence-corrected chi connectivity index (χ1v) is 5.21. The van der Waals surface area contributed by atoms with Crippen LogP contribution < -0.4 is 10.6 Å². The second kappa shape index (κ2) is 9.21. The fraction of sp³-hybridized carbons (Fsp3) is 0.556. The van der Waals surface area contributed by atoms with Crippen LogP contribution in [0.1, 0.15) is 12.8 Å². The van der Waals surface area contributed by atoms with Gasteiger partial charge in [0.25, 0.3) is 6.20 Å². The van der Waals surface area contributed by atoms with Crippen LogP contribution >= 0.6 is 12.6 Å². The average molecular weight is 229 g/mol. The summed E-state index contributed by atoms with van der Waals surface area (Å²) in [6.45, 7) is 1.19. The quantitative estimate of drug-likeness (QED) is 0.187. The number of hydrogen-bond donors (Lipinski definition) is 3. The van der Waals surface area contributed by atoms with Crippen molar-refractivity contribution in [1.82, 2.24) is 10.6 Å². The molecule has 15 heavy (non-hydrogen) atoms. The fourth-order valence-electron chi connectivity index (χ4n) is 0.863. The molecule has 0 aliphatic heterocycles. The predicted molar refractivity (Wildman–Crippen MR) is 63.0 cm³/mol. The molecule has 0 aromatic rings. The van der Waals surface area contributed by atoms with E-state index < -0.39 is 4.92 Å². The molecule has 5 nitrogen and oxygen atoms in total. The van der Waals surface area contributed by atoms with Gasteiger partial charge in [0.05, 0.1) is 4.92 Å². The van der Waals surface area contributed by atoms with Crippen LogP contribution in [0.3, 0.4) is 0 Å². The van der Waals surface area contributed by atoms with Crippen molar-refractivity contribution in [2.45, 2.75) is 12.8 Å². The van der Waals surface area contributed by atoms with Crippen molar-refractivity contribution in [3.8, 4) is 12.3 Å². The summed E-state index contributed by atoms with van der Waals surface area (Å²) < 4.78 is 0. The molecule has 0 unspecified atom stereocenters. The van der Waals surface area contributed by atoms with Gasteiger partial charge in [-0.05, 0) is 6.42 Å². The molecule has 0 aromatic carbocycles. The summed E-state index contributed by atoms with van der Waals surface area (Å²) in [6, 6.07) is 0. The van der Waals surface area contributed by atoms with Gasteiger partial charge in [-0.3, -0.25) is 10.1 Å². The molecule has 0 spiro atoms. The molecule has 0 aliphatic carbocycles. The van der Waals surface area contributed by atoms with E-state index in [1.165, 1.54) is 0 Å². The predicted octanol–water partition coefficient (Wildman–Crippen LogP) is 0.584. The van der Waals surface area contributed by atoms with Gasteiger partial charge in [-0.25, -0.2) is 0 Å². The monoisotopic (exact) mass is 229 g/mol. The summed E-state index contributed by atoms with van der Waals surface area (Å²) >= 11 is 4.00. The van der Waals surface area contributed by atoms with Crippen LogP contribution in [0, 0.1) is 22.5 Å². The molecule has 2 N–H and O–H groups in total. The van der Waals surface area contributed by atoms with Crippen molar-refractivity contribution >= 4 is 12.6 Å². The summed E-state index contributed by atoms with van der Waals surface area (Å²) in [5.41, 5.74) is 0. The Morgan fingerprint density at radius 2 is 2.20 bits per heavy atom. The number of rotatable bonds is 8. The van der Waals surface area contributed by atoms with Crippen LogP contribution in [0.25, 0.3) is 0 Å². The number of thiol groups is 1. The molecule has 6 heteroatoms. The maximum Gasteiger partial charge on any atom is 0.274 e. The molecule has 0 rings (SSSR count). The number of unbranched alkanes of at least 4 members (excludes halogenated alkanes) is 1. The van der Waals surface area contributed by atoms with E-state index >= 15 is 0 Å². The number of nitro groups is 1. The molecule has 0 aromatic heterocycles. The summed E-state index contributed by atoms with van der Waals surface area (Å²) in [5, 5.41) is 16.0. The highest BCUT2D eigenvalue weighted by Crippen LogP contribution is 1.89. The van der Waals surface area contributed by atoms with Crippen LogP contribution in [0.4, 0.5) is 0 Å². The maximum absolute atomic E-state index is 10.3. The molecular formula is C9H15N3O2S. The van der Waals surface area contributed by atoms with Gasteiger partial charge in [-0.2, -0.15) is 12.6 Å². The molecule has 0 saturated carbocycles. The highest BCUT2D eigenvalue weighted by atomic mass is 32.1. The molecule has 0 bridgehead atoms. The number of nitrogens with one attached hydrogen (secondary N) is 2. The lowest BCUT2D eigenvalue weighted by Crippen LogP contribution is -2.29. The van der Waals surface area contributed by atoms with E-state index in [1.54, 1.807) is 0 Å². The lowest BCUT2D eigenvalue weighted by atomic mass is 10.3. The topological polar surface area (TPSA) is 67.2 Å². The first kappa shape index (κ1) is 13.7. The summed E-state index contributed by atoms with van der Waals surface area (Å²) in [5.74, 6) is 3.51. The first-order valence-electron chi connectivity index (χ1n) is 4.58. The minimum atomic E-state index is -0.505. The van der Waals surface area contributed by atoms with Crippen LogP contribution in [-0.2, 0) is 0 Å². The lowest BCUT2D eigenvalue weighted by Gasteiger charge is -2.09. The first-order chi connectivity index (χ1) is 7.20. The number of hydrogen-bond acceptors (Lipinski definition) is 5. The van der Waals surface area contributed by atoms with E-state index in [9.17, 15) is 10.1 Å². The Bertz CT molecular complexity index is 261. The van der Waals surface area contributed by atoms with E-state index in [4.69, 9.17) is 6.42 Å². The van der Waals surface area contributed by atoms with Gasteiger partial charge in [0.2, 0.25) is 0 Å². The third-order valence-corrected chi connectivity index (χ3v) is 1.70. The smallest absolute Gasteiger partial charge is 0.274 e. The SMILES string of the molecule is C#CCCCNC(=C[N+](=O)[O-])NCCS. The number of nitrogens with zero attached hydrogens (tertiary/aromatic N) is 1. The minimum absolute atomic E-state index is 0.395. The molecule has 0 amide bonds. The third-order valence-electron chi connectivity index (χ3n) is 1.48. The van der Waals surface area contributed by atoms with E-state index in [1.807, 2.05) is 0 Å². The Labute approximate surface area is 94.9 Å². The van der Waals surface area contributed by atoms with E-state index in [-0.39, 0.29) is 0 Å². The van der Waals surface area contributed by atoms with Gasteiger partial charge in [-0.1, -0.05) is 0 Å². The Balaban J connectivity index is 3.91. The van der Waals surface area contributed by atoms with E-state index in [0.29, 0.717) is 31.1 Å². The minimum Gasteiger partial charge on any atom is -0.367 e. The molecular weight excluding hydrogens is 214 g/mol. The standard InChI is InChI=1S/C9H15N3O2S/c1-2-3-4-5-10-9(8-12(13)14)11-6-7-15/h1,8,10-11,15H,3-7H2. The highest BCUT2D eigenvalue weighted by molar-refractivity contribution is 7.80. The van der Waals surface area contributed by atoms with Gasteiger partial charge >= 0.3 is 0 Å². The maximum atomic E-state index is 10.3. The molecule has 0 aliphatic rings. The van der Waals surface area contributed by atoms with Gasteiger partial charge in [0.15, 0.2) is 5.82 Å². The zero-order valence-electron chi connectivity index (χ0n) is 8.40. The lowest BCUT2D eigenvalue weighted by molar-refractivity contribution is -0.404. The van der Waals surface area contributed by atoms with Gasteiger partial charge < -0.3 is 10.6 Å². The van der Waals surface area contributed by atoms with Crippen molar-refractivity contribution in [2.75, 3.05) is 18.8 Å². The van der Waals surface area contributed by atoms with Crippen molar-refractivity contribution < 1.29 is 4.92 Å². The molecule has 0 heterocycles. The normalized spacial score (nSPS) is 10.5. The Hall–Kier alpha value is -1.35. The van der Waals surface area contributed by atoms with Crippen molar-refractivity contribution in [3.63, 3.8) is 0 Å². The Morgan fingerprint density at radius 1 is 1.53 bits per heavy atom. The third kappa shape index (κ3) is 8.97. The fourth-order valence-corrected chi connectivity index (χ4v) is 0.975. The summed E-state index contributed by atoms with van der Waals surface area (Å²) in [7, 11) is 0. The summed E-state index contributed by atoms with van der Waals surface area (Å²) in [4.78, 5) is 9.75. The van der Waals surface area contributed by atoms with E-state index in [2.05, 4.69) is 29.2 Å².